The first-order valence-corrected chi connectivity index (χ1v) is 6.35. The maximum absolute atomic E-state index is 6.17. The third kappa shape index (κ3) is 2.56. The van der Waals surface area contributed by atoms with Crippen LogP contribution in [0.15, 0.2) is 30.6 Å². The molecule has 0 atom stereocenters. The van der Waals surface area contributed by atoms with E-state index in [2.05, 4.69) is 27.7 Å². The van der Waals surface area contributed by atoms with Gasteiger partial charge in [0.2, 0.25) is 0 Å². The first-order chi connectivity index (χ1) is 7.70. The van der Waals surface area contributed by atoms with E-state index in [4.69, 9.17) is 17.3 Å². The molecule has 0 amide bonds. The lowest BCUT2D eigenvalue weighted by molar-refractivity contribution is 0.877. The Bertz CT molecular complexity index is 496. The van der Waals surface area contributed by atoms with Gasteiger partial charge in [-0.15, -0.1) is 0 Å². The Morgan fingerprint density at radius 1 is 1.44 bits per heavy atom. The van der Waals surface area contributed by atoms with Crippen LogP contribution in [0.3, 0.4) is 0 Å². The molecule has 0 aliphatic heterocycles. The zero-order valence-corrected chi connectivity index (χ0v) is 11.4. The van der Waals surface area contributed by atoms with E-state index in [1.54, 1.807) is 4.68 Å². The van der Waals surface area contributed by atoms with Gasteiger partial charge in [0.25, 0.3) is 0 Å². The number of aromatic nitrogens is 2. The number of hydrogen-bond acceptors (Lipinski definition) is 2. The molecular formula is C11H11ClIN3. The molecule has 2 aromatic rings. The van der Waals surface area contributed by atoms with Gasteiger partial charge in [0.05, 0.1) is 15.5 Å². The minimum absolute atomic E-state index is 0.610. The summed E-state index contributed by atoms with van der Waals surface area (Å²) < 4.78 is 2.90. The molecule has 2 N–H and O–H groups in total. The number of hydrogen-bond donors (Lipinski definition) is 1. The van der Waals surface area contributed by atoms with E-state index in [-0.39, 0.29) is 0 Å². The van der Waals surface area contributed by atoms with Gasteiger partial charge in [-0.05, 0) is 53.3 Å². The molecule has 3 nitrogen and oxygen atoms in total. The van der Waals surface area contributed by atoms with E-state index in [1.807, 2.05) is 30.6 Å². The van der Waals surface area contributed by atoms with Crippen LogP contribution in [0.1, 0.15) is 5.56 Å². The molecule has 0 saturated heterocycles. The molecule has 0 bridgehead atoms. The summed E-state index contributed by atoms with van der Waals surface area (Å²) in [5.41, 5.74) is 7.55. The maximum Gasteiger partial charge on any atom is 0.0661 e. The van der Waals surface area contributed by atoms with E-state index in [0.29, 0.717) is 6.54 Å². The Morgan fingerprint density at radius 2 is 2.25 bits per heavy atom. The molecule has 16 heavy (non-hydrogen) atoms. The van der Waals surface area contributed by atoms with E-state index < -0.39 is 0 Å². The summed E-state index contributed by atoms with van der Waals surface area (Å²) in [5, 5.41) is 4.97. The summed E-state index contributed by atoms with van der Waals surface area (Å²) in [7, 11) is 0. The SMILES string of the molecule is NCCc1ccc(-n2cc(I)cn2)cc1Cl. The average molecular weight is 348 g/mol. The van der Waals surface area contributed by atoms with Crippen LogP contribution in [0.25, 0.3) is 5.69 Å². The lowest BCUT2D eigenvalue weighted by Crippen LogP contribution is -2.03. The van der Waals surface area contributed by atoms with Crippen LogP contribution in [0.2, 0.25) is 5.02 Å². The number of halogens is 2. The van der Waals surface area contributed by atoms with Crippen molar-refractivity contribution >= 4 is 34.2 Å². The molecule has 0 aliphatic carbocycles. The Kier molecular flexibility index (Phi) is 3.83. The summed E-state index contributed by atoms with van der Waals surface area (Å²) >= 11 is 8.39. The van der Waals surface area contributed by atoms with Crippen LogP contribution in [-0.2, 0) is 6.42 Å². The topological polar surface area (TPSA) is 43.8 Å². The van der Waals surface area contributed by atoms with Gasteiger partial charge in [0.1, 0.15) is 0 Å². The number of rotatable bonds is 3. The number of nitrogens with two attached hydrogens (primary N) is 1. The average Bonchev–Trinajstić information content (AvgIpc) is 2.68. The summed E-state index contributed by atoms with van der Waals surface area (Å²) in [5.74, 6) is 0. The fraction of sp³-hybridized carbons (Fsp3) is 0.182. The molecule has 0 fully saturated rings. The highest BCUT2D eigenvalue weighted by Gasteiger charge is 2.03. The minimum atomic E-state index is 0.610. The van der Waals surface area contributed by atoms with Crippen LogP contribution in [0.5, 0.6) is 0 Å². The van der Waals surface area contributed by atoms with E-state index in [9.17, 15) is 0 Å². The predicted molar refractivity (Wildman–Crippen MR) is 74.0 cm³/mol. The second-order valence-corrected chi connectivity index (χ2v) is 5.07. The van der Waals surface area contributed by atoms with Crippen molar-refractivity contribution in [3.63, 3.8) is 0 Å². The normalized spacial score (nSPS) is 10.7. The van der Waals surface area contributed by atoms with Crippen molar-refractivity contribution < 1.29 is 0 Å². The molecule has 0 unspecified atom stereocenters. The molecule has 0 saturated carbocycles. The van der Waals surface area contributed by atoms with Gasteiger partial charge in [-0.2, -0.15) is 5.10 Å². The molecule has 1 aromatic carbocycles. The van der Waals surface area contributed by atoms with E-state index in [0.717, 1.165) is 26.3 Å². The summed E-state index contributed by atoms with van der Waals surface area (Å²) in [6.07, 6.45) is 4.56. The van der Waals surface area contributed by atoms with Crippen LogP contribution in [0.4, 0.5) is 0 Å². The molecule has 5 heteroatoms. The van der Waals surface area contributed by atoms with Gasteiger partial charge in [-0.1, -0.05) is 17.7 Å². The maximum atomic E-state index is 6.17. The largest absolute Gasteiger partial charge is 0.330 e. The zero-order chi connectivity index (χ0) is 11.5. The van der Waals surface area contributed by atoms with Crippen LogP contribution in [0, 0.1) is 3.57 Å². The third-order valence-corrected chi connectivity index (χ3v) is 3.17. The van der Waals surface area contributed by atoms with Gasteiger partial charge >= 0.3 is 0 Å². The van der Waals surface area contributed by atoms with Gasteiger partial charge in [-0.25, -0.2) is 4.68 Å². The molecule has 0 aliphatic rings. The van der Waals surface area contributed by atoms with Crippen molar-refractivity contribution in [1.29, 1.82) is 0 Å². The highest BCUT2D eigenvalue weighted by Crippen LogP contribution is 2.20. The molecule has 84 valence electrons. The monoisotopic (exact) mass is 347 g/mol. The van der Waals surface area contributed by atoms with Crippen molar-refractivity contribution in [2.24, 2.45) is 5.73 Å². The summed E-state index contributed by atoms with van der Waals surface area (Å²) in [6.45, 7) is 0.610. The van der Waals surface area contributed by atoms with Crippen LogP contribution < -0.4 is 5.73 Å². The van der Waals surface area contributed by atoms with Crippen molar-refractivity contribution in [2.45, 2.75) is 6.42 Å². The second-order valence-electron chi connectivity index (χ2n) is 3.42. The standard InChI is InChI=1S/C11H11ClIN3/c12-11-5-10(2-1-8(11)3-4-14)16-7-9(13)6-15-16/h1-2,5-7H,3-4,14H2. The Hall–Kier alpha value is -0.590. The number of benzene rings is 1. The van der Waals surface area contributed by atoms with Crippen LogP contribution in [-0.4, -0.2) is 16.3 Å². The Morgan fingerprint density at radius 3 is 2.81 bits per heavy atom. The van der Waals surface area contributed by atoms with Crippen molar-refractivity contribution in [1.82, 2.24) is 9.78 Å². The first-order valence-electron chi connectivity index (χ1n) is 4.90. The molecular weight excluding hydrogens is 336 g/mol. The first kappa shape index (κ1) is 11.9. The fourth-order valence-corrected chi connectivity index (χ4v) is 2.14. The van der Waals surface area contributed by atoms with Crippen molar-refractivity contribution in [3.05, 3.63) is 44.7 Å². The molecule has 0 spiro atoms. The second kappa shape index (κ2) is 5.16. The van der Waals surface area contributed by atoms with Gasteiger partial charge < -0.3 is 5.73 Å². The quantitative estimate of drug-likeness (QED) is 0.868. The van der Waals surface area contributed by atoms with Crippen LogP contribution >= 0.6 is 34.2 Å². The highest BCUT2D eigenvalue weighted by atomic mass is 127. The Labute approximate surface area is 113 Å². The number of nitrogens with zero attached hydrogens (tertiary/aromatic N) is 2. The predicted octanol–water partition coefficient (Wildman–Crippen LogP) is 2.63. The van der Waals surface area contributed by atoms with Gasteiger partial charge in [0.15, 0.2) is 0 Å². The fourth-order valence-electron chi connectivity index (χ4n) is 1.48. The zero-order valence-electron chi connectivity index (χ0n) is 8.53. The minimum Gasteiger partial charge on any atom is -0.330 e. The van der Waals surface area contributed by atoms with Crippen molar-refractivity contribution in [2.75, 3.05) is 6.54 Å². The lowest BCUT2D eigenvalue weighted by Gasteiger charge is -2.06. The third-order valence-electron chi connectivity index (χ3n) is 2.27. The summed E-state index contributed by atoms with van der Waals surface area (Å²) in [6, 6.07) is 5.91. The van der Waals surface area contributed by atoms with Gasteiger partial charge in [0, 0.05) is 11.2 Å². The Balaban J connectivity index is 2.34. The smallest absolute Gasteiger partial charge is 0.0661 e. The highest BCUT2D eigenvalue weighted by molar-refractivity contribution is 14.1. The van der Waals surface area contributed by atoms with E-state index >= 15 is 0 Å². The molecule has 2 rings (SSSR count). The molecule has 1 heterocycles. The van der Waals surface area contributed by atoms with E-state index in [1.165, 1.54) is 0 Å². The van der Waals surface area contributed by atoms with Crippen molar-refractivity contribution in [3.8, 4) is 5.69 Å². The van der Waals surface area contributed by atoms with Gasteiger partial charge in [-0.3, -0.25) is 0 Å². The summed E-state index contributed by atoms with van der Waals surface area (Å²) in [4.78, 5) is 0. The molecule has 0 radical (unpaired) electrons. The lowest BCUT2D eigenvalue weighted by atomic mass is 10.1. The molecule has 1 aromatic heterocycles.